The van der Waals surface area contributed by atoms with Crippen LogP contribution in [0.2, 0.25) is 5.02 Å². The number of amides is 1. The molecule has 2 aliphatic heterocycles. The smallest absolute Gasteiger partial charge is 0.368 e. The predicted octanol–water partition coefficient (Wildman–Crippen LogP) is 4.48. The number of carbonyl (C=O) groups is 1. The highest BCUT2D eigenvalue weighted by Crippen LogP contribution is 2.35. The third-order valence-electron chi connectivity index (χ3n) is 6.04. The topological polar surface area (TPSA) is 39.7 Å². The van der Waals surface area contributed by atoms with Gasteiger partial charge in [0.1, 0.15) is 5.82 Å². The Balaban J connectivity index is 1.31. The zero-order valence-corrected chi connectivity index (χ0v) is 17.7. The third-order valence-corrected chi connectivity index (χ3v) is 6.29. The minimum Gasteiger partial charge on any atom is -0.368 e. The van der Waals surface area contributed by atoms with E-state index in [4.69, 9.17) is 11.6 Å². The van der Waals surface area contributed by atoms with Crippen LogP contribution in [0.15, 0.2) is 42.6 Å². The average Bonchev–Trinajstić information content (AvgIpc) is 2.79. The number of rotatable bonds is 3. The van der Waals surface area contributed by atoms with Gasteiger partial charge in [-0.05, 0) is 49.2 Å². The summed E-state index contributed by atoms with van der Waals surface area (Å²) in [5, 5.41) is 0.693. The van der Waals surface area contributed by atoms with Crippen LogP contribution in [0.1, 0.15) is 23.2 Å². The molecule has 2 fully saturated rings. The molecule has 166 valence electrons. The number of pyridine rings is 1. The van der Waals surface area contributed by atoms with E-state index in [0.717, 1.165) is 18.8 Å². The van der Waals surface area contributed by atoms with Crippen molar-refractivity contribution in [3.8, 4) is 0 Å². The Morgan fingerprint density at radius 1 is 0.903 bits per heavy atom. The number of alkyl halides is 3. The number of carbonyl (C=O) groups excluding carboxylic acids is 1. The summed E-state index contributed by atoms with van der Waals surface area (Å²) in [6.45, 7) is 3.30. The lowest BCUT2D eigenvalue weighted by atomic mass is 9.96. The van der Waals surface area contributed by atoms with E-state index in [-0.39, 0.29) is 18.7 Å². The first-order valence-electron chi connectivity index (χ1n) is 10.4. The number of anilines is 2. The summed E-state index contributed by atoms with van der Waals surface area (Å²) in [6, 6.07) is 11.1. The van der Waals surface area contributed by atoms with Crippen molar-refractivity contribution >= 4 is 29.0 Å². The van der Waals surface area contributed by atoms with E-state index in [0.29, 0.717) is 42.6 Å². The molecule has 3 heterocycles. The normalized spacial score (nSPS) is 18.4. The van der Waals surface area contributed by atoms with E-state index in [1.54, 1.807) is 17.0 Å². The molecule has 0 bridgehead atoms. The molecular weight excluding hydrogens is 429 g/mol. The van der Waals surface area contributed by atoms with E-state index >= 15 is 0 Å². The van der Waals surface area contributed by atoms with Gasteiger partial charge in [0, 0.05) is 56.2 Å². The van der Waals surface area contributed by atoms with Crippen molar-refractivity contribution in [3.63, 3.8) is 0 Å². The Kier molecular flexibility index (Phi) is 6.27. The van der Waals surface area contributed by atoms with Crippen LogP contribution in [0.4, 0.5) is 24.7 Å². The number of nitrogens with zero attached hydrogens (tertiary/aromatic N) is 4. The minimum atomic E-state index is -4.13. The maximum Gasteiger partial charge on any atom is 0.391 e. The van der Waals surface area contributed by atoms with E-state index in [1.807, 2.05) is 29.2 Å². The van der Waals surface area contributed by atoms with Crippen LogP contribution in [0.5, 0.6) is 0 Å². The molecule has 2 aromatic rings. The van der Waals surface area contributed by atoms with Crippen LogP contribution >= 0.6 is 11.6 Å². The first-order valence-corrected chi connectivity index (χ1v) is 10.8. The monoisotopic (exact) mass is 452 g/mol. The molecule has 31 heavy (non-hydrogen) atoms. The number of hydrogen-bond donors (Lipinski definition) is 0. The molecule has 4 rings (SSSR count). The number of hydrogen-bond acceptors (Lipinski definition) is 4. The molecule has 0 unspecified atom stereocenters. The maximum atomic E-state index is 12.8. The molecule has 5 nitrogen and oxygen atoms in total. The molecule has 2 saturated heterocycles. The third kappa shape index (κ3) is 5.06. The Bertz CT molecular complexity index is 888. The van der Waals surface area contributed by atoms with Gasteiger partial charge in [0.15, 0.2) is 0 Å². The molecular formula is C22H24ClF3N4O. The number of benzene rings is 1. The fraction of sp³-hybridized carbons (Fsp3) is 0.455. The Morgan fingerprint density at radius 2 is 1.55 bits per heavy atom. The molecule has 1 aromatic carbocycles. The van der Waals surface area contributed by atoms with Crippen molar-refractivity contribution in [2.45, 2.75) is 19.0 Å². The van der Waals surface area contributed by atoms with Gasteiger partial charge in [0.05, 0.1) is 11.5 Å². The SMILES string of the molecule is O=C(c1ccc(N2CCC(C(F)(F)F)CC2)nc1)N1CCN(c2ccc(Cl)cc2)CC1. The summed E-state index contributed by atoms with van der Waals surface area (Å²) in [5.74, 6) is -0.702. The highest BCUT2D eigenvalue weighted by Gasteiger charge is 2.41. The molecule has 1 amide bonds. The lowest BCUT2D eigenvalue weighted by Gasteiger charge is -2.36. The van der Waals surface area contributed by atoms with Gasteiger partial charge in [0.2, 0.25) is 0 Å². The van der Waals surface area contributed by atoms with Gasteiger partial charge in [-0.25, -0.2) is 4.98 Å². The highest BCUT2D eigenvalue weighted by molar-refractivity contribution is 6.30. The average molecular weight is 453 g/mol. The van der Waals surface area contributed by atoms with Crippen LogP contribution in [-0.4, -0.2) is 61.2 Å². The summed E-state index contributed by atoms with van der Waals surface area (Å²) in [5.41, 5.74) is 1.57. The lowest BCUT2D eigenvalue weighted by molar-refractivity contribution is -0.179. The van der Waals surface area contributed by atoms with E-state index in [2.05, 4.69) is 9.88 Å². The highest BCUT2D eigenvalue weighted by atomic mass is 35.5. The van der Waals surface area contributed by atoms with Gasteiger partial charge >= 0.3 is 6.18 Å². The van der Waals surface area contributed by atoms with Crippen molar-refractivity contribution in [1.29, 1.82) is 0 Å². The summed E-state index contributed by atoms with van der Waals surface area (Å²) >= 11 is 5.94. The number of piperazine rings is 1. The van der Waals surface area contributed by atoms with Crippen molar-refractivity contribution in [2.75, 3.05) is 49.1 Å². The molecule has 9 heteroatoms. The van der Waals surface area contributed by atoms with Crippen LogP contribution in [0.25, 0.3) is 0 Å². The Labute approximate surface area is 184 Å². The summed E-state index contributed by atoms with van der Waals surface area (Å²) < 4.78 is 38.5. The van der Waals surface area contributed by atoms with Gasteiger partial charge in [-0.15, -0.1) is 0 Å². The van der Waals surface area contributed by atoms with E-state index in [9.17, 15) is 18.0 Å². The molecule has 0 aliphatic carbocycles. The van der Waals surface area contributed by atoms with Gasteiger partial charge in [-0.3, -0.25) is 4.79 Å². The van der Waals surface area contributed by atoms with E-state index < -0.39 is 12.1 Å². The molecule has 0 saturated carbocycles. The number of halogens is 4. The number of aromatic nitrogens is 1. The largest absolute Gasteiger partial charge is 0.391 e. The standard InChI is InChI=1S/C22H24ClF3N4O/c23-18-2-4-19(5-3-18)28-11-13-30(14-12-28)21(31)16-1-6-20(27-15-16)29-9-7-17(8-10-29)22(24,25)26/h1-6,15,17H,7-14H2. The van der Waals surface area contributed by atoms with Crippen LogP contribution in [0, 0.1) is 5.92 Å². The first-order chi connectivity index (χ1) is 14.8. The minimum absolute atomic E-state index is 0.0732. The van der Waals surface area contributed by atoms with Gasteiger partial charge in [-0.2, -0.15) is 13.2 Å². The first kappa shape index (κ1) is 21.7. The van der Waals surface area contributed by atoms with Crippen molar-refractivity contribution < 1.29 is 18.0 Å². The summed E-state index contributed by atoms with van der Waals surface area (Å²) in [4.78, 5) is 23.1. The van der Waals surface area contributed by atoms with Crippen molar-refractivity contribution in [2.24, 2.45) is 5.92 Å². The quantitative estimate of drug-likeness (QED) is 0.688. The molecule has 0 N–H and O–H groups in total. The van der Waals surface area contributed by atoms with Crippen LogP contribution in [-0.2, 0) is 0 Å². The molecule has 1 aromatic heterocycles. The fourth-order valence-electron chi connectivity index (χ4n) is 4.14. The lowest BCUT2D eigenvalue weighted by Crippen LogP contribution is -2.48. The van der Waals surface area contributed by atoms with E-state index in [1.165, 1.54) is 6.20 Å². The van der Waals surface area contributed by atoms with Gasteiger partial charge < -0.3 is 14.7 Å². The Morgan fingerprint density at radius 3 is 2.10 bits per heavy atom. The molecule has 0 spiro atoms. The molecule has 0 radical (unpaired) electrons. The van der Waals surface area contributed by atoms with Gasteiger partial charge in [0.25, 0.3) is 5.91 Å². The second-order valence-electron chi connectivity index (χ2n) is 7.96. The Hall–Kier alpha value is -2.48. The van der Waals surface area contributed by atoms with Crippen LogP contribution < -0.4 is 9.80 Å². The zero-order chi connectivity index (χ0) is 22.0. The van der Waals surface area contributed by atoms with Crippen molar-refractivity contribution in [1.82, 2.24) is 9.88 Å². The second-order valence-corrected chi connectivity index (χ2v) is 8.40. The van der Waals surface area contributed by atoms with Gasteiger partial charge in [-0.1, -0.05) is 11.6 Å². The predicted molar refractivity (Wildman–Crippen MR) is 115 cm³/mol. The second kappa shape index (κ2) is 8.94. The summed E-state index contributed by atoms with van der Waals surface area (Å²) in [7, 11) is 0. The van der Waals surface area contributed by atoms with Crippen molar-refractivity contribution in [3.05, 3.63) is 53.2 Å². The van der Waals surface area contributed by atoms with Crippen LogP contribution in [0.3, 0.4) is 0 Å². The summed E-state index contributed by atoms with van der Waals surface area (Å²) in [6.07, 6.45) is -2.46. The molecule has 2 aliphatic rings. The fourth-order valence-corrected chi connectivity index (χ4v) is 4.26. The number of piperidine rings is 1. The molecule has 0 atom stereocenters. The zero-order valence-electron chi connectivity index (χ0n) is 17.0. The maximum absolute atomic E-state index is 12.8.